The fourth-order valence-corrected chi connectivity index (χ4v) is 17.2. The van der Waals surface area contributed by atoms with Crippen LogP contribution in [-0.4, -0.2) is 25.1 Å². The molecule has 0 N–H and O–H groups in total. The molecule has 146 valence electrons. The molecule has 1 aromatic carbocycles. The Balaban J connectivity index is 2.98. The van der Waals surface area contributed by atoms with Crippen LogP contribution in [0.1, 0.15) is 77.7 Å². The molecule has 3 heteroatoms. The zero-order valence-corrected chi connectivity index (χ0v) is 20.2. The van der Waals surface area contributed by atoms with Gasteiger partial charge in [-0.3, -0.25) is 0 Å². The average Bonchev–Trinajstić information content (AvgIpc) is 2.67. The van der Waals surface area contributed by atoms with E-state index in [9.17, 15) is 4.79 Å². The Bertz CT molecular complexity index is 502. The number of aldehydes is 1. The number of allylic oxidation sites excluding steroid dienone is 2. The van der Waals surface area contributed by atoms with Gasteiger partial charge in [-0.15, -0.1) is 0 Å². The van der Waals surface area contributed by atoms with Crippen LogP contribution in [0.3, 0.4) is 0 Å². The van der Waals surface area contributed by atoms with Crippen molar-refractivity contribution in [1.29, 1.82) is 0 Å². The van der Waals surface area contributed by atoms with Crippen LogP contribution in [0.5, 0.6) is 0 Å². The molecule has 0 aliphatic heterocycles. The van der Waals surface area contributed by atoms with Crippen LogP contribution in [0.25, 0.3) is 0 Å². The second-order valence-electron chi connectivity index (χ2n) is 7.45. The van der Waals surface area contributed by atoms with Crippen molar-refractivity contribution in [3.8, 4) is 0 Å². The Morgan fingerprint density at radius 2 is 1.46 bits per heavy atom. The van der Waals surface area contributed by atoms with Gasteiger partial charge >= 0.3 is 166 Å². The number of unbranched alkanes of at least 4 members (excludes halogenated alkanes) is 3. The number of rotatable bonds is 14. The summed E-state index contributed by atoms with van der Waals surface area (Å²) in [5, 5.41) is 0. The molecule has 0 aliphatic carbocycles. The summed E-state index contributed by atoms with van der Waals surface area (Å²) in [5.41, 5.74) is 1.04. The first-order valence-electron chi connectivity index (χ1n) is 10.5. The molecule has 1 aromatic rings. The first kappa shape index (κ1) is 23.3. The Labute approximate surface area is 165 Å². The molecule has 0 aromatic heterocycles. The molecule has 0 fully saturated rings. The predicted molar refractivity (Wildman–Crippen MR) is 115 cm³/mol. The fraction of sp³-hybridized carbons (Fsp3) is 0.609. The Morgan fingerprint density at radius 1 is 0.962 bits per heavy atom. The van der Waals surface area contributed by atoms with Crippen LogP contribution in [0.15, 0.2) is 42.2 Å². The number of hydrogen-bond donors (Lipinski definition) is 0. The van der Waals surface area contributed by atoms with Crippen molar-refractivity contribution in [2.75, 3.05) is 0 Å². The third-order valence-corrected chi connectivity index (χ3v) is 18.1. The van der Waals surface area contributed by atoms with Crippen molar-refractivity contribution in [2.24, 2.45) is 0 Å². The number of carbonyl (C=O) groups excluding carboxylic acids is 1. The van der Waals surface area contributed by atoms with Gasteiger partial charge in [0.2, 0.25) is 0 Å². The van der Waals surface area contributed by atoms with Crippen LogP contribution in [0, 0.1) is 0 Å². The molecule has 0 saturated heterocycles. The van der Waals surface area contributed by atoms with Crippen LogP contribution in [-0.2, 0) is 7.87 Å². The summed E-state index contributed by atoms with van der Waals surface area (Å²) in [7, 11) is 0. The van der Waals surface area contributed by atoms with Crippen molar-refractivity contribution < 1.29 is 7.87 Å². The molecule has 1 unspecified atom stereocenters. The first-order valence-corrected chi connectivity index (χ1v) is 17.7. The van der Waals surface area contributed by atoms with E-state index in [2.05, 4.69) is 27.7 Å². The second kappa shape index (κ2) is 13.4. The van der Waals surface area contributed by atoms with Crippen LogP contribution in [0.2, 0.25) is 13.3 Å². The van der Waals surface area contributed by atoms with E-state index < -0.39 is 18.8 Å². The first-order chi connectivity index (χ1) is 12.6. The van der Waals surface area contributed by atoms with E-state index in [-0.39, 0.29) is 5.92 Å². The van der Waals surface area contributed by atoms with Crippen LogP contribution in [0.4, 0.5) is 0 Å². The van der Waals surface area contributed by atoms with E-state index >= 15 is 0 Å². The zero-order valence-electron chi connectivity index (χ0n) is 17.3. The third-order valence-electron chi connectivity index (χ3n) is 5.08. The minimum atomic E-state index is -2.66. The van der Waals surface area contributed by atoms with Crippen molar-refractivity contribution in [3.63, 3.8) is 0 Å². The van der Waals surface area contributed by atoms with Gasteiger partial charge in [-0.05, 0) is 0 Å². The normalized spacial score (nSPS) is 13.5. The summed E-state index contributed by atoms with van der Waals surface area (Å²) in [6, 6.07) is 10.0. The van der Waals surface area contributed by atoms with Gasteiger partial charge in [0.05, 0.1) is 0 Å². The third kappa shape index (κ3) is 8.28. The topological polar surface area (TPSA) is 26.3 Å². The molecule has 0 radical (unpaired) electrons. The Hall–Kier alpha value is -0.771. The molecule has 0 bridgehead atoms. The maximum atomic E-state index is 11.6. The molecule has 0 spiro atoms. The quantitative estimate of drug-likeness (QED) is 0.165. The molecular formula is C23H38O2Sn. The Kier molecular flexibility index (Phi) is 12.0. The number of benzene rings is 1. The van der Waals surface area contributed by atoms with Gasteiger partial charge in [-0.25, -0.2) is 0 Å². The van der Waals surface area contributed by atoms with Gasteiger partial charge < -0.3 is 0 Å². The number of carbonyl (C=O) groups is 1. The van der Waals surface area contributed by atoms with E-state index in [0.717, 1.165) is 17.6 Å². The van der Waals surface area contributed by atoms with E-state index in [1.807, 2.05) is 36.4 Å². The molecule has 0 saturated carbocycles. The Morgan fingerprint density at radius 3 is 1.88 bits per heavy atom. The van der Waals surface area contributed by atoms with Crippen molar-refractivity contribution in [3.05, 3.63) is 47.7 Å². The van der Waals surface area contributed by atoms with Gasteiger partial charge in [-0.2, -0.15) is 0 Å². The molecule has 0 aliphatic rings. The molecule has 1 rings (SSSR count). The SMILES string of the molecule is CCC[CH2][Sn]([CH2]CCC)([CH2]CCC)[O]/C(C)=C\C(C=O)c1ccccc1. The van der Waals surface area contributed by atoms with Crippen molar-refractivity contribution >= 4 is 25.1 Å². The van der Waals surface area contributed by atoms with Gasteiger partial charge in [0.25, 0.3) is 0 Å². The van der Waals surface area contributed by atoms with Gasteiger partial charge in [0.15, 0.2) is 0 Å². The molecule has 0 amide bonds. The summed E-state index contributed by atoms with van der Waals surface area (Å²) in [5.74, 6) is 0.772. The molecule has 2 nitrogen and oxygen atoms in total. The molecule has 26 heavy (non-hydrogen) atoms. The van der Waals surface area contributed by atoms with E-state index in [1.165, 1.54) is 51.8 Å². The van der Waals surface area contributed by atoms with Crippen LogP contribution >= 0.6 is 0 Å². The van der Waals surface area contributed by atoms with Gasteiger partial charge in [0, 0.05) is 0 Å². The van der Waals surface area contributed by atoms with Crippen molar-refractivity contribution in [1.82, 2.24) is 0 Å². The van der Waals surface area contributed by atoms with Crippen LogP contribution < -0.4 is 0 Å². The van der Waals surface area contributed by atoms with Crippen molar-refractivity contribution in [2.45, 2.75) is 85.4 Å². The standard InChI is InChI=1S/C11H12O2.3C4H9.Sn/c1-9(13)7-11(8-12)10-5-3-2-4-6-10;3*1-3-4-2;/h2-8,11,13H,1H3;3*1,3-4H2,2H3;/q;;;;+1/p-1/b9-7-;;;;. The molecule has 0 heterocycles. The summed E-state index contributed by atoms with van der Waals surface area (Å²) >= 11 is -2.66. The average molecular weight is 465 g/mol. The minimum absolute atomic E-state index is 0.205. The van der Waals surface area contributed by atoms with Gasteiger partial charge in [0.1, 0.15) is 0 Å². The monoisotopic (exact) mass is 466 g/mol. The van der Waals surface area contributed by atoms with E-state index in [0.29, 0.717) is 0 Å². The molecule has 1 atom stereocenters. The van der Waals surface area contributed by atoms with E-state index in [4.69, 9.17) is 3.07 Å². The zero-order chi connectivity index (χ0) is 19.3. The van der Waals surface area contributed by atoms with Gasteiger partial charge in [-0.1, -0.05) is 0 Å². The maximum absolute atomic E-state index is 11.6. The predicted octanol–water partition coefficient (Wildman–Crippen LogP) is 7.24. The fourth-order valence-electron chi connectivity index (χ4n) is 3.54. The summed E-state index contributed by atoms with van der Waals surface area (Å²) < 4.78 is 10.7. The van der Waals surface area contributed by atoms with E-state index in [1.54, 1.807) is 0 Å². The summed E-state index contributed by atoms with van der Waals surface area (Å²) in [4.78, 5) is 11.6. The second-order valence-corrected chi connectivity index (χ2v) is 19.1. The molecular weight excluding hydrogens is 427 g/mol. The summed E-state index contributed by atoms with van der Waals surface area (Å²) in [6.07, 6.45) is 10.6. The number of hydrogen-bond acceptors (Lipinski definition) is 2. The summed E-state index contributed by atoms with van der Waals surface area (Å²) in [6.45, 7) is 8.89.